The fourth-order valence-electron chi connectivity index (χ4n) is 0.618. The van der Waals surface area contributed by atoms with Gasteiger partial charge in [-0.3, -0.25) is 14.4 Å². The molecule has 0 aliphatic carbocycles. The number of ketones is 3. The summed E-state index contributed by atoms with van der Waals surface area (Å²) in [5, 5.41) is 0. The third-order valence-corrected chi connectivity index (χ3v) is 0.892. The van der Waals surface area contributed by atoms with Gasteiger partial charge >= 0.3 is 0 Å². The summed E-state index contributed by atoms with van der Waals surface area (Å²) in [4.78, 5) is 31.2. The molecule has 0 aromatic heterocycles. The van der Waals surface area contributed by atoms with E-state index in [1.165, 1.54) is 13.8 Å². The van der Waals surface area contributed by atoms with Gasteiger partial charge in [0, 0.05) is 26.2 Å². The maximum Gasteiger partial charge on any atom is 0.147 e. The predicted octanol–water partition coefficient (Wildman–Crippen LogP) is 0.511. The monoisotopic (exact) mass is 232 g/mol. The Kier molecular flexibility index (Phi) is 8.08. The van der Waals surface area contributed by atoms with Crippen LogP contribution in [0.2, 0.25) is 0 Å². The normalized spacial score (nSPS) is 8.18. The Hall–Kier alpha value is -0.107. The van der Waals surface area contributed by atoms with Crippen LogP contribution in [-0.4, -0.2) is 17.3 Å². The summed E-state index contributed by atoms with van der Waals surface area (Å²) >= 11 is 0. The van der Waals surface area contributed by atoms with E-state index in [-0.39, 0.29) is 56.4 Å². The van der Waals surface area contributed by atoms with Crippen LogP contribution in [-0.2, 0) is 40.6 Å². The third kappa shape index (κ3) is 9.89. The Bertz CT molecular complexity index is 157. The average molecular weight is 233 g/mol. The number of carbonyl (C=O) groups excluding carboxylic acids is 3. The number of rotatable bonds is 4. The molecule has 0 rings (SSSR count). The standard InChI is InChI=1S/C7H10O3.Zr/c1-5(8)3-7(10)4-6(2)9;/h3-4H2,1-2H3;. The van der Waals surface area contributed by atoms with Gasteiger partial charge in [-0.05, 0) is 13.8 Å². The molecule has 11 heavy (non-hydrogen) atoms. The van der Waals surface area contributed by atoms with Gasteiger partial charge in [0.15, 0.2) is 0 Å². The van der Waals surface area contributed by atoms with Crippen molar-refractivity contribution in [3.05, 3.63) is 0 Å². The van der Waals surface area contributed by atoms with Crippen LogP contribution in [0.3, 0.4) is 0 Å². The van der Waals surface area contributed by atoms with Gasteiger partial charge < -0.3 is 0 Å². The molecule has 3 nitrogen and oxygen atoms in total. The molecule has 0 atom stereocenters. The summed E-state index contributed by atoms with van der Waals surface area (Å²) in [7, 11) is 0. The fraction of sp³-hybridized carbons (Fsp3) is 0.571. The van der Waals surface area contributed by atoms with Gasteiger partial charge in [-0.15, -0.1) is 0 Å². The van der Waals surface area contributed by atoms with E-state index in [9.17, 15) is 14.4 Å². The molecular formula is C7H10O3Zr. The molecule has 0 aromatic rings. The zero-order chi connectivity index (χ0) is 8.15. The van der Waals surface area contributed by atoms with Crippen LogP contribution < -0.4 is 0 Å². The number of hydrogen-bond donors (Lipinski definition) is 0. The van der Waals surface area contributed by atoms with Crippen molar-refractivity contribution in [1.82, 2.24) is 0 Å². The minimum absolute atomic E-state index is 0. The van der Waals surface area contributed by atoms with Crippen molar-refractivity contribution in [3.8, 4) is 0 Å². The van der Waals surface area contributed by atoms with Crippen molar-refractivity contribution in [3.63, 3.8) is 0 Å². The van der Waals surface area contributed by atoms with Gasteiger partial charge in [-0.1, -0.05) is 0 Å². The Labute approximate surface area is 84.7 Å². The van der Waals surface area contributed by atoms with Crippen LogP contribution in [0.5, 0.6) is 0 Å². The van der Waals surface area contributed by atoms with E-state index in [2.05, 4.69) is 0 Å². The molecule has 0 fully saturated rings. The summed E-state index contributed by atoms with van der Waals surface area (Å²) in [6.07, 6.45) is -0.223. The third-order valence-electron chi connectivity index (χ3n) is 0.892. The van der Waals surface area contributed by atoms with Gasteiger partial charge in [0.1, 0.15) is 17.3 Å². The van der Waals surface area contributed by atoms with Gasteiger partial charge in [0.2, 0.25) is 0 Å². The first-order chi connectivity index (χ1) is 4.52. The van der Waals surface area contributed by atoms with Gasteiger partial charge in [-0.2, -0.15) is 0 Å². The Morgan fingerprint density at radius 3 is 1.36 bits per heavy atom. The Morgan fingerprint density at radius 1 is 0.909 bits per heavy atom. The topological polar surface area (TPSA) is 51.2 Å². The van der Waals surface area contributed by atoms with Crippen LogP contribution in [0, 0.1) is 0 Å². The molecule has 0 bridgehead atoms. The van der Waals surface area contributed by atoms with Crippen LogP contribution >= 0.6 is 0 Å². The molecule has 0 saturated carbocycles. The SMILES string of the molecule is CC(=O)CC(=O)CC(C)=O.[Zr]. The van der Waals surface area contributed by atoms with Crippen molar-refractivity contribution >= 4 is 17.3 Å². The Balaban J connectivity index is 0. The van der Waals surface area contributed by atoms with Crippen LogP contribution in [0.25, 0.3) is 0 Å². The molecule has 0 N–H and O–H groups in total. The molecule has 4 heteroatoms. The molecule has 0 aromatic carbocycles. The van der Waals surface area contributed by atoms with E-state index >= 15 is 0 Å². The van der Waals surface area contributed by atoms with Crippen molar-refractivity contribution in [2.24, 2.45) is 0 Å². The number of Topliss-reactive ketones (excluding diaryl/α,β-unsaturated/α-hetero) is 3. The second-order valence-corrected chi connectivity index (χ2v) is 2.30. The molecule has 60 valence electrons. The summed E-state index contributed by atoms with van der Waals surface area (Å²) in [6.45, 7) is 2.66. The average Bonchev–Trinajstić information content (AvgIpc) is 1.58. The second kappa shape index (κ2) is 6.59. The van der Waals surface area contributed by atoms with E-state index in [1.807, 2.05) is 0 Å². The maximum atomic E-state index is 10.6. The zero-order valence-corrected chi connectivity index (χ0v) is 9.10. The van der Waals surface area contributed by atoms with Crippen molar-refractivity contribution in [1.29, 1.82) is 0 Å². The smallest absolute Gasteiger partial charge is 0.147 e. The summed E-state index contributed by atoms with van der Waals surface area (Å²) in [6, 6.07) is 0. The van der Waals surface area contributed by atoms with Crippen LogP contribution in [0.4, 0.5) is 0 Å². The van der Waals surface area contributed by atoms with E-state index < -0.39 is 0 Å². The van der Waals surface area contributed by atoms with E-state index in [0.717, 1.165) is 0 Å². The quantitative estimate of drug-likeness (QED) is 0.665. The first-order valence-electron chi connectivity index (χ1n) is 3.03. The Morgan fingerprint density at radius 2 is 1.18 bits per heavy atom. The van der Waals surface area contributed by atoms with Gasteiger partial charge in [-0.25, -0.2) is 0 Å². The molecule has 0 radical (unpaired) electrons. The molecule has 0 saturated heterocycles. The van der Waals surface area contributed by atoms with Gasteiger partial charge in [0.05, 0.1) is 12.8 Å². The molecule has 0 aliphatic heterocycles. The van der Waals surface area contributed by atoms with Crippen LogP contribution in [0.15, 0.2) is 0 Å². The van der Waals surface area contributed by atoms with Gasteiger partial charge in [0.25, 0.3) is 0 Å². The minimum atomic E-state index is -0.292. The first kappa shape index (κ1) is 13.5. The largest absolute Gasteiger partial charge is 0.300 e. The number of hydrogen-bond acceptors (Lipinski definition) is 3. The minimum Gasteiger partial charge on any atom is -0.300 e. The molecular weight excluding hydrogens is 223 g/mol. The maximum absolute atomic E-state index is 10.6. The van der Waals surface area contributed by atoms with Crippen molar-refractivity contribution < 1.29 is 40.6 Å². The molecule has 0 aliphatic rings. The van der Waals surface area contributed by atoms with Crippen LogP contribution in [0.1, 0.15) is 26.7 Å². The fourth-order valence-corrected chi connectivity index (χ4v) is 0.618. The zero-order valence-electron chi connectivity index (χ0n) is 6.64. The first-order valence-corrected chi connectivity index (χ1v) is 3.03. The summed E-state index contributed by atoms with van der Waals surface area (Å²) in [5.41, 5.74) is 0. The number of carbonyl (C=O) groups is 3. The van der Waals surface area contributed by atoms with E-state index in [4.69, 9.17) is 0 Å². The predicted molar refractivity (Wildman–Crippen MR) is 35.6 cm³/mol. The van der Waals surface area contributed by atoms with E-state index in [1.54, 1.807) is 0 Å². The van der Waals surface area contributed by atoms with E-state index in [0.29, 0.717) is 0 Å². The van der Waals surface area contributed by atoms with Crippen molar-refractivity contribution in [2.75, 3.05) is 0 Å². The molecule has 0 amide bonds. The molecule has 0 heterocycles. The van der Waals surface area contributed by atoms with Crippen molar-refractivity contribution in [2.45, 2.75) is 26.7 Å². The summed E-state index contributed by atoms with van der Waals surface area (Å²) < 4.78 is 0. The summed E-state index contributed by atoms with van der Waals surface area (Å²) in [5.74, 6) is -0.669. The molecule has 0 unspecified atom stereocenters. The second-order valence-electron chi connectivity index (χ2n) is 2.30. The molecule has 0 spiro atoms.